The van der Waals surface area contributed by atoms with Crippen LogP contribution in [0.3, 0.4) is 0 Å². The minimum atomic E-state index is -4.84. The first-order valence-corrected chi connectivity index (χ1v) is 28.0. The van der Waals surface area contributed by atoms with Gasteiger partial charge in [-0.2, -0.15) is 36.9 Å². The Morgan fingerprint density at radius 1 is 0.376 bits per heavy atom. The molecule has 1 aliphatic rings. The van der Waals surface area contributed by atoms with E-state index < -0.39 is 23.5 Å². The minimum Gasteiger partial charge on any atom is -0.310 e. The molecule has 13 heteroatoms. The Balaban J connectivity index is 1.21. The molecule has 6 nitrogen and oxygen atoms in total. The van der Waals surface area contributed by atoms with E-state index in [4.69, 9.17) is 0 Å². The van der Waals surface area contributed by atoms with Crippen molar-refractivity contribution in [2.45, 2.75) is 36.0 Å². The Labute approximate surface area is 490 Å². The first-order valence-electron chi connectivity index (χ1n) is 27.2. The van der Waals surface area contributed by atoms with Crippen LogP contribution in [-0.2, 0) is 12.4 Å². The number of hydrogen-bond donors (Lipinski definition) is 0. The number of alkyl halides is 6. The molecular weight excluding hydrogens is 1090 g/mol. The van der Waals surface area contributed by atoms with Crippen LogP contribution >= 0.6 is 11.8 Å². The molecule has 13 rings (SSSR count). The quantitative estimate of drug-likeness (QED) is 0.127. The average Bonchev–Trinajstić information content (AvgIpc) is 1.85. The Bertz CT molecular complexity index is 4380. The van der Waals surface area contributed by atoms with Crippen molar-refractivity contribution in [3.63, 3.8) is 0 Å². The lowest BCUT2D eigenvalue weighted by molar-refractivity contribution is -0.138. The number of nitriles is 2. The highest BCUT2D eigenvalue weighted by atomic mass is 32.2. The van der Waals surface area contributed by atoms with Crippen LogP contribution in [0.2, 0.25) is 0 Å². The molecule has 0 radical (unpaired) electrons. The highest BCUT2D eigenvalue weighted by molar-refractivity contribution is 7.99. The molecule has 2 heterocycles. The fourth-order valence-corrected chi connectivity index (χ4v) is 12.6. The molecule has 1 aromatic heterocycles. The second-order valence-corrected chi connectivity index (χ2v) is 21.8. The maximum absolute atomic E-state index is 15.0. The molecule has 412 valence electrons. The van der Waals surface area contributed by atoms with E-state index in [2.05, 4.69) is 63.2 Å². The largest absolute Gasteiger partial charge is 0.416 e. The van der Waals surface area contributed by atoms with Crippen LogP contribution in [-0.4, -0.2) is 4.57 Å². The summed E-state index contributed by atoms with van der Waals surface area (Å²) in [6.45, 7) is 3.72. The Morgan fingerprint density at radius 2 is 0.800 bits per heavy atom. The van der Waals surface area contributed by atoms with Gasteiger partial charge in [0.1, 0.15) is 0 Å². The van der Waals surface area contributed by atoms with Gasteiger partial charge < -0.3 is 19.3 Å². The van der Waals surface area contributed by atoms with Crippen molar-refractivity contribution >= 4 is 84.8 Å². The third kappa shape index (κ3) is 9.74. The van der Waals surface area contributed by atoms with Crippen LogP contribution in [0.1, 0.15) is 33.4 Å². The number of fused-ring (bicyclic) bond motifs is 5. The number of rotatable bonds is 10. The second-order valence-electron chi connectivity index (χ2n) is 20.7. The van der Waals surface area contributed by atoms with Gasteiger partial charge in [0.05, 0.1) is 68.2 Å². The highest BCUT2D eigenvalue weighted by Crippen LogP contribution is 2.59. The normalized spacial score (nSPS) is 12.1. The summed E-state index contributed by atoms with van der Waals surface area (Å²) in [5, 5.41) is 23.1. The average molecular weight is 1140 g/mol. The summed E-state index contributed by atoms with van der Waals surface area (Å²) in [7, 11) is 0. The molecule has 0 aliphatic carbocycles. The van der Waals surface area contributed by atoms with Gasteiger partial charge in [-0.25, -0.2) is 0 Å². The van der Waals surface area contributed by atoms with E-state index in [9.17, 15) is 10.5 Å². The molecular formula is C72H46F6N6S. The number of aryl methyl sites for hydroxylation is 2. The molecule has 85 heavy (non-hydrogen) atoms. The predicted molar refractivity (Wildman–Crippen MR) is 329 cm³/mol. The molecule has 0 amide bonds. The summed E-state index contributed by atoms with van der Waals surface area (Å²) in [5.74, 6) is 0. The van der Waals surface area contributed by atoms with E-state index in [1.807, 2.05) is 159 Å². The first kappa shape index (κ1) is 53.8. The van der Waals surface area contributed by atoms with Crippen molar-refractivity contribution in [3.8, 4) is 40.1 Å². The van der Waals surface area contributed by atoms with Crippen LogP contribution < -0.4 is 14.7 Å². The molecule has 0 atom stereocenters. The fraction of sp³-hybridized carbons (Fsp3) is 0.0556. The standard InChI is InChI=1S/C72H46F6N6S/c1-45-24-30-57(48(37-45)44-80)69-61(83-63-39-49(71(73,74)75)26-31-58(63)59-32-27-50(40-64(59)83)72(76,77)78)33-34-62(70(69)60-38-46(2)23-25-47(60)43-79)84-65-41-55(81(51-15-7-3-8-16-51)52-17-9-4-10-18-52)28-35-67(65)85-68-36-29-56(42-66(68)84)82(53-19-11-5-12-20-53)54-21-13-6-14-22-54/h3-42H,1-2H3. The maximum Gasteiger partial charge on any atom is 0.416 e. The molecule has 0 bridgehead atoms. The van der Waals surface area contributed by atoms with Gasteiger partial charge in [0, 0.05) is 76.9 Å². The van der Waals surface area contributed by atoms with Crippen LogP contribution in [0.4, 0.5) is 77.5 Å². The van der Waals surface area contributed by atoms with E-state index in [1.165, 1.54) is 16.7 Å². The lowest BCUT2D eigenvalue weighted by atomic mass is 9.85. The Morgan fingerprint density at radius 3 is 1.25 bits per heavy atom. The van der Waals surface area contributed by atoms with Crippen molar-refractivity contribution < 1.29 is 26.3 Å². The lowest BCUT2D eigenvalue weighted by Gasteiger charge is -2.37. The van der Waals surface area contributed by atoms with Crippen LogP contribution in [0.5, 0.6) is 0 Å². The lowest BCUT2D eigenvalue weighted by Crippen LogP contribution is -2.19. The zero-order valence-corrected chi connectivity index (χ0v) is 46.3. The van der Waals surface area contributed by atoms with E-state index in [0.29, 0.717) is 33.8 Å². The monoisotopic (exact) mass is 1140 g/mol. The number of benzene rings is 11. The molecule has 0 spiro atoms. The van der Waals surface area contributed by atoms with E-state index >= 15 is 26.3 Å². The summed E-state index contributed by atoms with van der Waals surface area (Å²) in [6, 6.07) is 77.8. The molecule has 12 aromatic rings. The summed E-state index contributed by atoms with van der Waals surface area (Å²) in [5.41, 5.74) is 8.43. The van der Waals surface area contributed by atoms with Gasteiger partial charge in [0.2, 0.25) is 0 Å². The zero-order valence-electron chi connectivity index (χ0n) is 45.5. The van der Waals surface area contributed by atoms with Gasteiger partial charge in [-0.05, 0) is 153 Å². The zero-order chi connectivity index (χ0) is 58.7. The highest BCUT2D eigenvalue weighted by Gasteiger charge is 2.36. The van der Waals surface area contributed by atoms with Gasteiger partial charge in [-0.1, -0.05) is 127 Å². The molecule has 0 N–H and O–H groups in total. The van der Waals surface area contributed by atoms with Crippen molar-refractivity contribution in [2.24, 2.45) is 0 Å². The fourth-order valence-electron chi connectivity index (χ4n) is 11.6. The van der Waals surface area contributed by atoms with Gasteiger partial charge >= 0.3 is 12.4 Å². The van der Waals surface area contributed by atoms with Gasteiger partial charge in [0.25, 0.3) is 0 Å². The molecule has 1 aliphatic heterocycles. The summed E-state index contributed by atoms with van der Waals surface area (Å²) in [4.78, 5) is 8.15. The molecule has 0 unspecified atom stereocenters. The number of aromatic nitrogens is 1. The van der Waals surface area contributed by atoms with Gasteiger partial charge in [0.15, 0.2) is 0 Å². The third-order valence-corrected chi connectivity index (χ3v) is 16.5. The van der Waals surface area contributed by atoms with Crippen LogP contribution in [0.15, 0.2) is 252 Å². The number of anilines is 9. The van der Waals surface area contributed by atoms with Gasteiger partial charge in [-0.3, -0.25) is 0 Å². The van der Waals surface area contributed by atoms with Crippen molar-refractivity contribution in [2.75, 3.05) is 14.7 Å². The predicted octanol–water partition coefficient (Wildman–Crippen LogP) is 21.4. The van der Waals surface area contributed by atoms with E-state index in [1.54, 1.807) is 36.0 Å². The first-order chi connectivity index (χ1) is 41.2. The van der Waals surface area contributed by atoms with Gasteiger partial charge in [-0.15, -0.1) is 0 Å². The Hall–Kier alpha value is -10.5. The molecule has 0 saturated carbocycles. The topological polar surface area (TPSA) is 62.2 Å². The Kier molecular flexibility index (Phi) is 13.5. The smallest absolute Gasteiger partial charge is 0.310 e. The summed E-state index contributed by atoms with van der Waals surface area (Å²) >= 11 is 1.57. The molecule has 0 saturated heterocycles. The van der Waals surface area contributed by atoms with E-state index in [0.717, 1.165) is 79.3 Å². The van der Waals surface area contributed by atoms with Crippen molar-refractivity contribution in [1.82, 2.24) is 4.57 Å². The van der Waals surface area contributed by atoms with E-state index in [-0.39, 0.29) is 44.2 Å². The number of para-hydroxylation sites is 4. The van der Waals surface area contributed by atoms with Crippen molar-refractivity contribution in [1.29, 1.82) is 10.5 Å². The van der Waals surface area contributed by atoms with Crippen LogP contribution in [0, 0.1) is 36.5 Å². The van der Waals surface area contributed by atoms with Crippen LogP contribution in [0.25, 0.3) is 49.7 Å². The number of hydrogen-bond acceptors (Lipinski definition) is 6. The van der Waals surface area contributed by atoms with Crippen molar-refractivity contribution in [3.05, 3.63) is 276 Å². The number of halogens is 6. The SMILES string of the molecule is Cc1ccc(-c2c(-n3c4cc(C(F)(F)F)ccc4c4ccc(C(F)(F)F)cc43)ccc(N3c4cc(N(c5ccccc5)c5ccccc5)ccc4Sc4ccc(N(c5ccccc5)c5ccccc5)cc43)c2-c2cc(C)ccc2C#N)c(C#N)c1. The summed E-state index contributed by atoms with van der Waals surface area (Å²) < 4.78 is 91.6. The molecule has 0 fully saturated rings. The molecule has 11 aromatic carbocycles. The second kappa shape index (κ2) is 21.4. The minimum absolute atomic E-state index is 0.0253. The number of nitrogens with zero attached hydrogens (tertiary/aromatic N) is 6. The third-order valence-electron chi connectivity index (χ3n) is 15.4. The summed E-state index contributed by atoms with van der Waals surface area (Å²) in [6.07, 6.45) is -9.67. The maximum atomic E-state index is 15.0.